The standard InChI is InChI=1S/C19H26ClNO/c1-14(13-19(3,4)18-10-9-15(2)22-18)21-12-11-16-7-5-6-8-17(16)20/h5-10,14,21H,11-13H2,1-4H3/t14-/m1/s1. The van der Waals surface area contributed by atoms with Crippen LogP contribution in [-0.4, -0.2) is 12.6 Å². The number of halogens is 1. The molecule has 0 aliphatic carbocycles. The van der Waals surface area contributed by atoms with Crippen molar-refractivity contribution < 1.29 is 4.42 Å². The van der Waals surface area contributed by atoms with Crippen LogP contribution in [0.2, 0.25) is 5.02 Å². The summed E-state index contributed by atoms with van der Waals surface area (Å²) in [5, 5.41) is 4.44. The zero-order valence-corrected chi connectivity index (χ0v) is 14.7. The molecule has 1 atom stereocenters. The Kier molecular flexibility index (Phi) is 5.71. The molecule has 0 spiro atoms. The second-order valence-electron chi connectivity index (χ2n) is 6.69. The minimum Gasteiger partial charge on any atom is -0.466 e. The van der Waals surface area contributed by atoms with Crippen molar-refractivity contribution in [2.24, 2.45) is 0 Å². The third kappa shape index (κ3) is 4.62. The van der Waals surface area contributed by atoms with Gasteiger partial charge in [0.1, 0.15) is 11.5 Å². The van der Waals surface area contributed by atoms with Crippen molar-refractivity contribution in [2.75, 3.05) is 6.54 Å². The topological polar surface area (TPSA) is 25.2 Å². The summed E-state index contributed by atoms with van der Waals surface area (Å²) in [7, 11) is 0. The Bertz CT molecular complexity index is 603. The van der Waals surface area contributed by atoms with E-state index in [9.17, 15) is 0 Å². The first-order chi connectivity index (χ1) is 10.4. The average molecular weight is 320 g/mol. The maximum atomic E-state index is 6.19. The molecule has 0 aliphatic heterocycles. The van der Waals surface area contributed by atoms with E-state index in [1.165, 1.54) is 5.56 Å². The summed E-state index contributed by atoms with van der Waals surface area (Å²) in [6.45, 7) is 9.61. The summed E-state index contributed by atoms with van der Waals surface area (Å²) < 4.78 is 5.79. The monoisotopic (exact) mass is 319 g/mol. The number of hydrogen-bond donors (Lipinski definition) is 1. The van der Waals surface area contributed by atoms with Crippen LogP contribution < -0.4 is 5.32 Å². The van der Waals surface area contributed by atoms with Crippen molar-refractivity contribution in [3.63, 3.8) is 0 Å². The van der Waals surface area contributed by atoms with Gasteiger partial charge in [-0.1, -0.05) is 43.6 Å². The zero-order valence-electron chi connectivity index (χ0n) is 13.9. The van der Waals surface area contributed by atoms with E-state index in [1.54, 1.807) is 0 Å². The molecule has 0 radical (unpaired) electrons. The predicted octanol–water partition coefficient (Wildman–Crippen LogP) is 5.13. The summed E-state index contributed by atoms with van der Waals surface area (Å²) in [6, 6.07) is 12.6. The molecule has 120 valence electrons. The van der Waals surface area contributed by atoms with Crippen LogP contribution in [0, 0.1) is 6.92 Å². The lowest BCUT2D eigenvalue weighted by Gasteiger charge is -2.26. The highest BCUT2D eigenvalue weighted by atomic mass is 35.5. The Morgan fingerprint density at radius 3 is 2.55 bits per heavy atom. The third-order valence-electron chi connectivity index (χ3n) is 4.07. The van der Waals surface area contributed by atoms with Gasteiger partial charge in [-0.2, -0.15) is 0 Å². The van der Waals surface area contributed by atoms with Crippen molar-refractivity contribution in [3.8, 4) is 0 Å². The fraction of sp³-hybridized carbons (Fsp3) is 0.474. The van der Waals surface area contributed by atoms with Crippen LogP contribution in [0.3, 0.4) is 0 Å². The number of benzene rings is 1. The molecular formula is C19H26ClNO. The molecule has 0 fully saturated rings. The molecule has 0 unspecified atom stereocenters. The maximum absolute atomic E-state index is 6.19. The van der Waals surface area contributed by atoms with Crippen molar-refractivity contribution in [1.82, 2.24) is 5.32 Å². The predicted molar refractivity (Wildman–Crippen MR) is 93.7 cm³/mol. The Labute approximate surface area is 138 Å². The van der Waals surface area contributed by atoms with E-state index in [0.29, 0.717) is 6.04 Å². The molecule has 0 bridgehead atoms. The van der Waals surface area contributed by atoms with Gasteiger partial charge in [-0.25, -0.2) is 0 Å². The van der Waals surface area contributed by atoms with E-state index in [2.05, 4.69) is 38.2 Å². The second kappa shape index (κ2) is 7.34. The number of aryl methyl sites for hydroxylation is 1. The Hall–Kier alpha value is -1.25. The largest absolute Gasteiger partial charge is 0.466 e. The number of nitrogens with one attached hydrogen (secondary N) is 1. The van der Waals surface area contributed by atoms with Gasteiger partial charge in [-0.15, -0.1) is 0 Å². The summed E-state index contributed by atoms with van der Waals surface area (Å²) in [5.74, 6) is 2.03. The van der Waals surface area contributed by atoms with E-state index < -0.39 is 0 Å². The zero-order chi connectivity index (χ0) is 16.2. The Morgan fingerprint density at radius 2 is 1.91 bits per heavy atom. The smallest absolute Gasteiger partial charge is 0.109 e. The molecule has 0 saturated heterocycles. The molecule has 1 aromatic carbocycles. The fourth-order valence-electron chi connectivity index (χ4n) is 2.89. The van der Waals surface area contributed by atoms with Gasteiger partial charge in [0.25, 0.3) is 0 Å². The van der Waals surface area contributed by atoms with Gasteiger partial charge >= 0.3 is 0 Å². The molecule has 1 aromatic heterocycles. The Morgan fingerprint density at radius 1 is 1.18 bits per heavy atom. The highest BCUT2D eigenvalue weighted by Crippen LogP contribution is 2.29. The van der Waals surface area contributed by atoms with Gasteiger partial charge in [-0.3, -0.25) is 0 Å². The molecular weight excluding hydrogens is 294 g/mol. The molecule has 1 N–H and O–H groups in total. The number of rotatable bonds is 7. The number of furan rings is 1. The van der Waals surface area contributed by atoms with E-state index in [4.69, 9.17) is 16.0 Å². The van der Waals surface area contributed by atoms with Gasteiger partial charge in [0, 0.05) is 16.5 Å². The van der Waals surface area contributed by atoms with Crippen LogP contribution >= 0.6 is 11.6 Å². The quantitative estimate of drug-likeness (QED) is 0.765. The van der Waals surface area contributed by atoms with Crippen LogP contribution in [0.15, 0.2) is 40.8 Å². The van der Waals surface area contributed by atoms with Crippen LogP contribution in [-0.2, 0) is 11.8 Å². The van der Waals surface area contributed by atoms with E-state index in [1.807, 2.05) is 31.2 Å². The maximum Gasteiger partial charge on any atom is 0.109 e. The minimum absolute atomic E-state index is 0.0328. The molecule has 3 heteroatoms. The first-order valence-electron chi connectivity index (χ1n) is 7.92. The normalized spacial score (nSPS) is 13.3. The van der Waals surface area contributed by atoms with Gasteiger partial charge in [0.2, 0.25) is 0 Å². The van der Waals surface area contributed by atoms with Crippen molar-refractivity contribution in [1.29, 1.82) is 0 Å². The van der Waals surface area contributed by atoms with Crippen LogP contribution in [0.25, 0.3) is 0 Å². The van der Waals surface area contributed by atoms with Crippen molar-refractivity contribution >= 4 is 11.6 Å². The Balaban J connectivity index is 1.83. The summed E-state index contributed by atoms with van der Waals surface area (Å²) in [5.41, 5.74) is 1.23. The highest BCUT2D eigenvalue weighted by Gasteiger charge is 2.26. The van der Waals surface area contributed by atoms with Gasteiger partial charge in [0.05, 0.1) is 0 Å². The fourth-order valence-corrected chi connectivity index (χ4v) is 3.12. The first-order valence-corrected chi connectivity index (χ1v) is 8.30. The average Bonchev–Trinajstić information content (AvgIpc) is 2.88. The first kappa shape index (κ1) is 17.1. The lowest BCUT2D eigenvalue weighted by atomic mass is 9.83. The molecule has 2 rings (SSSR count). The van der Waals surface area contributed by atoms with Gasteiger partial charge in [0.15, 0.2) is 0 Å². The molecule has 1 heterocycles. The van der Waals surface area contributed by atoms with Crippen molar-refractivity contribution in [3.05, 3.63) is 58.5 Å². The summed E-state index contributed by atoms with van der Waals surface area (Å²) >= 11 is 6.19. The third-order valence-corrected chi connectivity index (χ3v) is 4.44. The summed E-state index contributed by atoms with van der Waals surface area (Å²) in [6.07, 6.45) is 1.98. The molecule has 0 amide bonds. The lowest BCUT2D eigenvalue weighted by Crippen LogP contribution is -2.34. The van der Waals surface area contributed by atoms with Gasteiger partial charge < -0.3 is 9.73 Å². The second-order valence-corrected chi connectivity index (χ2v) is 7.10. The molecule has 2 aromatic rings. The van der Waals surface area contributed by atoms with Gasteiger partial charge in [-0.05, 0) is 57.0 Å². The SMILES string of the molecule is Cc1ccc(C(C)(C)C[C@@H](C)NCCc2ccccc2Cl)o1. The lowest BCUT2D eigenvalue weighted by molar-refractivity contribution is 0.320. The van der Waals surface area contributed by atoms with E-state index in [0.717, 1.165) is 35.9 Å². The molecule has 22 heavy (non-hydrogen) atoms. The summed E-state index contributed by atoms with van der Waals surface area (Å²) in [4.78, 5) is 0. The van der Waals surface area contributed by atoms with Crippen LogP contribution in [0.4, 0.5) is 0 Å². The van der Waals surface area contributed by atoms with E-state index >= 15 is 0 Å². The molecule has 2 nitrogen and oxygen atoms in total. The highest BCUT2D eigenvalue weighted by molar-refractivity contribution is 6.31. The van der Waals surface area contributed by atoms with Crippen LogP contribution in [0.5, 0.6) is 0 Å². The van der Waals surface area contributed by atoms with Crippen LogP contribution in [0.1, 0.15) is 44.3 Å². The molecule has 0 saturated carbocycles. The van der Waals surface area contributed by atoms with E-state index in [-0.39, 0.29) is 5.41 Å². The minimum atomic E-state index is 0.0328. The number of hydrogen-bond acceptors (Lipinski definition) is 2. The molecule has 0 aliphatic rings. The van der Waals surface area contributed by atoms with Crippen molar-refractivity contribution in [2.45, 2.75) is 52.0 Å².